The number of fused-ring (bicyclic) bond motifs is 1. The van der Waals surface area contributed by atoms with E-state index in [1.165, 1.54) is 5.57 Å². The van der Waals surface area contributed by atoms with Crippen molar-refractivity contribution in [3.05, 3.63) is 11.6 Å². The summed E-state index contributed by atoms with van der Waals surface area (Å²) < 4.78 is 0. The highest BCUT2D eigenvalue weighted by Crippen LogP contribution is 2.51. The van der Waals surface area contributed by atoms with Crippen molar-refractivity contribution in [2.24, 2.45) is 11.3 Å². The van der Waals surface area contributed by atoms with Crippen molar-refractivity contribution in [1.82, 2.24) is 0 Å². The summed E-state index contributed by atoms with van der Waals surface area (Å²) in [7, 11) is 0. The van der Waals surface area contributed by atoms with Crippen molar-refractivity contribution in [2.45, 2.75) is 32.6 Å². The van der Waals surface area contributed by atoms with Gasteiger partial charge >= 0.3 is 0 Å². The van der Waals surface area contributed by atoms with Gasteiger partial charge in [-0.3, -0.25) is 4.79 Å². The molecule has 2 nitrogen and oxygen atoms in total. The van der Waals surface area contributed by atoms with Crippen molar-refractivity contribution in [2.75, 3.05) is 0 Å². The van der Waals surface area contributed by atoms with Crippen molar-refractivity contribution in [1.29, 1.82) is 5.26 Å². The predicted molar refractivity (Wildman–Crippen MR) is 48.8 cm³/mol. The molecule has 2 heteroatoms. The van der Waals surface area contributed by atoms with Crippen molar-refractivity contribution >= 4 is 5.78 Å². The van der Waals surface area contributed by atoms with E-state index < -0.39 is 0 Å². The van der Waals surface area contributed by atoms with E-state index in [0.717, 1.165) is 19.3 Å². The van der Waals surface area contributed by atoms with Crippen molar-refractivity contribution < 1.29 is 4.79 Å². The standard InChI is InChI=1S/C11H13NO/c1-11-5-4-10(13)6-8(11)2-3-9(11)7-12/h6,9H,2-5H2,1H3/t9?,11-/m1/s1. The summed E-state index contributed by atoms with van der Waals surface area (Å²) >= 11 is 0. The van der Waals surface area contributed by atoms with Gasteiger partial charge in [0, 0.05) is 11.8 Å². The monoisotopic (exact) mass is 175 g/mol. The van der Waals surface area contributed by atoms with Gasteiger partial charge in [0.1, 0.15) is 0 Å². The minimum atomic E-state index is 0.0165. The first-order valence-corrected chi connectivity index (χ1v) is 4.80. The second-order valence-electron chi connectivity index (χ2n) is 4.27. The smallest absolute Gasteiger partial charge is 0.155 e. The van der Waals surface area contributed by atoms with Gasteiger partial charge in [-0.15, -0.1) is 0 Å². The molecule has 1 saturated carbocycles. The number of allylic oxidation sites excluding steroid dienone is 2. The van der Waals surface area contributed by atoms with Gasteiger partial charge in [0.25, 0.3) is 0 Å². The van der Waals surface area contributed by atoms with E-state index in [9.17, 15) is 4.79 Å². The molecule has 2 aliphatic rings. The molecule has 2 atom stereocenters. The highest BCUT2D eigenvalue weighted by atomic mass is 16.1. The van der Waals surface area contributed by atoms with E-state index in [1.807, 2.05) is 0 Å². The Bertz CT molecular complexity index is 323. The van der Waals surface area contributed by atoms with E-state index in [2.05, 4.69) is 13.0 Å². The Hall–Kier alpha value is -1.10. The molecule has 0 saturated heterocycles. The summed E-state index contributed by atoms with van der Waals surface area (Å²) in [6.45, 7) is 2.13. The summed E-state index contributed by atoms with van der Waals surface area (Å²) in [6.07, 6.45) is 5.15. The third kappa shape index (κ3) is 1.11. The minimum Gasteiger partial charge on any atom is -0.295 e. The van der Waals surface area contributed by atoms with Crippen LogP contribution in [0.15, 0.2) is 11.6 Å². The average molecular weight is 175 g/mol. The fraction of sp³-hybridized carbons (Fsp3) is 0.636. The van der Waals surface area contributed by atoms with Gasteiger partial charge in [-0.25, -0.2) is 0 Å². The highest BCUT2D eigenvalue weighted by molar-refractivity contribution is 5.91. The fourth-order valence-electron chi connectivity index (χ4n) is 2.56. The zero-order valence-corrected chi connectivity index (χ0v) is 7.84. The van der Waals surface area contributed by atoms with E-state index in [0.29, 0.717) is 6.42 Å². The highest BCUT2D eigenvalue weighted by Gasteiger charge is 2.44. The van der Waals surface area contributed by atoms with Crippen molar-refractivity contribution in [3.8, 4) is 6.07 Å². The number of nitrogens with zero attached hydrogens (tertiary/aromatic N) is 1. The first kappa shape index (κ1) is 8.50. The maximum absolute atomic E-state index is 11.2. The lowest BCUT2D eigenvalue weighted by Gasteiger charge is -2.31. The average Bonchev–Trinajstić information content (AvgIpc) is 2.42. The van der Waals surface area contributed by atoms with Gasteiger partial charge in [0.2, 0.25) is 0 Å². The third-order valence-electron chi connectivity index (χ3n) is 3.59. The number of hydrogen-bond donors (Lipinski definition) is 0. The molecule has 0 amide bonds. The molecule has 0 spiro atoms. The van der Waals surface area contributed by atoms with E-state index >= 15 is 0 Å². The van der Waals surface area contributed by atoms with E-state index in [1.54, 1.807) is 6.08 Å². The SMILES string of the molecule is C[C@@]12CCC(=O)C=C1CCC2C#N. The lowest BCUT2D eigenvalue weighted by molar-refractivity contribution is -0.115. The van der Waals surface area contributed by atoms with Crippen LogP contribution in [0.3, 0.4) is 0 Å². The largest absolute Gasteiger partial charge is 0.295 e. The minimum absolute atomic E-state index is 0.0165. The van der Waals surface area contributed by atoms with Gasteiger partial charge in [-0.2, -0.15) is 5.26 Å². The molecule has 1 fully saturated rings. The summed E-state index contributed by atoms with van der Waals surface area (Å²) in [4.78, 5) is 11.2. The molecule has 1 unspecified atom stereocenters. The Morgan fingerprint density at radius 3 is 3.08 bits per heavy atom. The van der Waals surface area contributed by atoms with Gasteiger partial charge in [0.05, 0.1) is 12.0 Å². The van der Waals surface area contributed by atoms with Crippen LogP contribution in [0.5, 0.6) is 0 Å². The van der Waals surface area contributed by atoms with Crippen LogP contribution in [0.25, 0.3) is 0 Å². The molecule has 0 bridgehead atoms. The summed E-state index contributed by atoms with van der Waals surface area (Å²) in [5.41, 5.74) is 1.23. The number of rotatable bonds is 0. The Kier molecular flexibility index (Phi) is 1.76. The topological polar surface area (TPSA) is 40.9 Å². The molecule has 2 aliphatic carbocycles. The maximum Gasteiger partial charge on any atom is 0.155 e. The maximum atomic E-state index is 11.2. The summed E-state index contributed by atoms with van der Waals surface area (Å²) in [5.74, 6) is 0.373. The zero-order valence-electron chi connectivity index (χ0n) is 7.84. The number of carbonyl (C=O) groups excluding carboxylic acids is 1. The van der Waals surface area contributed by atoms with Crippen LogP contribution in [-0.4, -0.2) is 5.78 Å². The normalized spacial score (nSPS) is 38.0. The Morgan fingerprint density at radius 2 is 2.38 bits per heavy atom. The predicted octanol–water partition coefficient (Wildman–Crippen LogP) is 2.22. The van der Waals surface area contributed by atoms with Crippen LogP contribution in [0.2, 0.25) is 0 Å². The molecule has 68 valence electrons. The Morgan fingerprint density at radius 1 is 1.62 bits per heavy atom. The van der Waals surface area contributed by atoms with E-state index in [4.69, 9.17) is 5.26 Å². The van der Waals surface area contributed by atoms with Crippen LogP contribution in [-0.2, 0) is 4.79 Å². The first-order valence-electron chi connectivity index (χ1n) is 4.80. The van der Waals surface area contributed by atoms with Gasteiger partial charge in [0.15, 0.2) is 5.78 Å². The zero-order chi connectivity index (χ0) is 9.47. The molecule has 0 radical (unpaired) electrons. The van der Waals surface area contributed by atoms with Crippen LogP contribution >= 0.6 is 0 Å². The number of ketones is 1. The molecule has 2 rings (SSSR count). The van der Waals surface area contributed by atoms with Gasteiger partial charge in [-0.1, -0.05) is 12.5 Å². The molecule has 13 heavy (non-hydrogen) atoms. The molecular formula is C11H13NO. The van der Waals surface area contributed by atoms with Crippen molar-refractivity contribution in [3.63, 3.8) is 0 Å². The lowest BCUT2D eigenvalue weighted by atomic mass is 9.71. The molecule has 0 aromatic rings. The number of nitriles is 1. The molecule has 0 heterocycles. The summed E-state index contributed by atoms with van der Waals surface area (Å²) in [6, 6.07) is 2.37. The fourth-order valence-corrected chi connectivity index (χ4v) is 2.56. The molecule has 0 aromatic heterocycles. The lowest BCUT2D eigenvalue weighted by Crippen LogP contribution is -2.27. The first-order chi connectivity index (χ1) is 6.16. The second-order valence-corrected chi connectivity index (χ2v) is 4.27. The molecule has 0 aromatic carbocycles. The van der Waals surface area contributed by atoms with Crippen LogP contribution in [0, 0.1) is 22.7 Å². The van der Waals surface area contributed by atoms with E-state index in [-0.39, 0.29) is 17.1 Å². The number of carbonyl (C=O) groups is 1. The molecule has 0 N–H and O–H groups in total. The van der Waals surface area contributed by atoms with Crippen LogP contribution < -0.4 is 0 Å². The van der Waals surface area contributed by atoms with Gasteiger partial charge < -0.3 is 0 Å². The van der Waals surface area contributed by atoms with Crippen LogP contribution in [0.4, 0.5) is 0 Å². The molecular weight excluding hydrogens is 162 g/mol. The summed E-state index contributed by atoms with van der Waals surface area (Å²) in [5, 5.41) is 8.97. The van der Waals surface area contributed by atoms with Gasteiger partial charge in [-0.05, 0) is 25.3 Å². The Labute approximate surface area is 78.2 Å². The quantitative estimate of drug-likeness (QED) is 0.566. The third-order valence-corrected chi connectivity index (χ3v) is 3.59. The number of hydrogen-bond acceptors (Lipinski definition) is 2. The van der Waals surface area contributed by atoms with Crippen LogP contribution in [0.1, 0.15) is 32.6 Å². The Balaban J connectivity index is 2.39. The molecule has 0 aliphatic heterocycles. The second kappa shape index (κ2) is 2.70.